The van der Waals surface area contributed by atoms with E-state index in [1.165, 1.54) is 11.1 Å². The Morgan fingerprint density at radius 1 is 0.886 bits per heavy atom. The Balaban J connectivity index is 1.19. The maximum atomic E-state index is 12.7. The molecule has 2 aliphatic rings. The number of rotatable bonds is 7. The quantitative estimate of drug-likeness (QED) is 0.529. The summed E-state index contributed by atoms with van der Waals surface area (Å²) >= 11 is 0. The smallest absolute Gasteiger partial charge is 0.411 e. The highest BCUT2D eigenvalue weighted by Gasteiger charge is 2.35. The molecule has 3 aromatic rings. The fourth-order valence-electron chi connectivity index (χ4n) is 4.84. The van der Waals surface area contributed by atoms with Crippen molar-refractivity contribution < 1.29 is 24.2 Å². The van der Waals surface area contributed by atoms with Crippen LogP contribution in [-0.4, -0.2) is 47.7 Å². The van der Waals surface area contributed by atoms with Gasteiger partial charge in [-0.2, -0.15) is 0 Å². The molecule has 5 rings (SSSR count). The van der Waals surface area contributed by atoms with Crippen molar-refractivity contribution >= 4 is 23.7 Å². The number of carboxylic acid groups (broad SMARTS) is 1. The first kappa shape index (κ1) is 22.7. The number of nitrogens with zero attached hydrogens (tertiary/aromatic N) is 1. The van der Waals surface area contributed by atoms with Crippen LogP contribution in [0, 0.1) is 5.92 Å². The van der Waals surface area contributed by atoms with Gasteiger partial charge in [0.25, 0.3) is 0 Å². The second-order valence-corrected chi connectivity index (χ2v) is 8.94. The lowest BCUT2D eigenvalue weighted by Crippen LogP contribution is -2.53. The van der Waals surface area contributed by atoms with Gasteiger partial charge in [0.2, 0.25) is 5.91 Å². The summed E-state index contributed by atoms with van der Waals surface area (Å²) in [6.45, 7) is 0.738. The number of carboxylic acids is 1. The molecule has 1 aliphatic carbocycles. The maximum Gasteiger partial charge on any atom is 0.411 e. The maximum absolute atomic E-state index is 12.7. The van der Waals surface area contributed by atoms with Crippen LogP contribution in [0.25, 0.3) is 11.1 Å². The second-order valence-electron chi connectivity index (χ2n) is 8.94. The number of anilines is 1. The number of hydrogen-bond donors (Lipinski definition) is 2. The SMILES string of the molecule is O=C(Nc1ccccc1CCC(=O)N1CC(C(=O)O)C1)OCC1c2ccccc2-c2ccccc21. The second kappa shape index (κ2) is 9.62. The molecule has 0 bridgehead atoms. The summed E-state index contributed by atoms with van der Waals surface area (Å²) in [5, 5.41) is 11.8. The molecule has 3 aromatic carbocycles. The molecule has 0 saturated carbocycles. The van der Waals surface area contributed by atoms with Crippen molar-refractivity contribution in [1.29, 1.82) is 0 Å². The number of likely N-dealkylation sites (tertiary alicyclic amines) is 1. The van der Waals surface area contributed by atoms with E-state index < -0.39 is 18.0 Å². The van der Waals surface area contributed by atoms with Crippen LogP contribution < -0.4 is 5.32 Å². The Morgan fingerprint density at radius 3 is 2.14 bits per heavy atom. The largest absolute Gasteiger partial charge is 0.481 e. The predicted octanol–water partition coefficient (Wildman–Crippen LogP) is 4.52. The highest BCUT2D eigenvalue weighted by atomic mass is 16.5. The van der Waals surface area contributed by atoms with Gasteiger partial charge < -0.3 is 14.7 Å². The average Bonchev–Trinajstić information content (AvgIpc) is 3.15. The van der Waals surface area contributed by atoms with E-state index in [1.54, 1.807) is 11.0 Å². The van der Waals surface area contributed by atoms with Crippen LogP contribution in [-0.2, 0) is 20.7 Å². The molecular weight excluding hydrogens is 444 g/mol. The van der Waals surface area contributed by atoms with Gasteiger partial charge in [0, 0.05) is 31.1 Å². The number of aliphatic carboxylic acids is 1. The highest BCUT2D eigenvalue weighted by molar-refractivity contribution is 5.86. The molecule has 1 saturated heterocycles. The van der Waals surface area contributed by atoms with E-state index >= 15 is 0 Å². The summed E-state index contributed by atoms with van der Waals surface area (Å²) in [6, 6.07) is 23.7. The van der Waals surface area contributed by atoms with Crippen molar-refractivity contribution in [3.05, 3.63) is 89.5 Å². The van der Waals surface area contributed by atoms with Crippen molar-refractivity contribution in [1.82, 2.24) is 4.90 Å². The van der Waals surface area contributed by atoms with Gasteiger partial charge in [-0.15, -0.1) is 0 Å². The predicted molar refractivity (Wildman–Crippen MR) is 131 cm³/mol. The number of carbonyl (C=O) groups is 3. The summed E-state index contributed by atoms with van der Waals surface area (Å²) in [4.78, 5) is 37.6. The van der Waals surface area contributed by atoms with Gasteiger partial charge in [0.05, 0.1) is 5.92 Å². The number of para-hydroxylation sites is 1. The summed E-state index contributed by atoms with van der Waals surface area (Å²) in [6.07, 6.45) is 0.139. The molecule has 0 aromatic heterocycles. The lowest BCUT2D eigenvalue weighted by molar-refractivity contribution is -0.152. The monoisotopic (exact) mass is 470 g/mol. The summed E-state index contributed by atoms with van der Waals surface area (Å²) in [5.74, 6) is -1.45. The molecule has 178 valence electrons. The fourth-order valence-corrected chi connectivity index (χ4v) is 4.84. The van der Waals surface area contributed by atoms with Gasteiger partial charge >= 0.3 is 12.1 Å². The molecule has 7 heteroatoms. The first-order valence-corrected chi connectivity index (χ1v) is 11.7. The molecule has 0 unspecified atom stereocenters. The Kier molecular flexibility index (Phi) is 6.23. The van der Waals surface area contributed by atoms with Crippen LogP contribution in [0.5, 0.6) is 0 Å². The number of fused-ring (bicyclic) bond motifs is 3. The molecule has 0 atom stereocenters. The molecule has 2 amide bonds. The van der Waals surface area contributed by atoms with Crippen LogP contribution >= 0.6 is 0 Å². The van der Waals surface area contributed by atoms with E-state index in [0.717, 1.165) is 16.7 Å². The Morgan fingerprint density at radius 2 is 1.49 bits per heavy atom. The van der Waals surface area contributed by atoms with Gasteiger partial charge in [-0.1, -0.05) is 66.7 Å². The Bertz CT molecular complexity index is 1240. The van der Waals surface area contributed by atoms with Gasteiger partial charge in [0.15, 0.2) is 0 Å². The summed E-state index contributed by atoms with van der Waals surface area (Å²) < 4.78 is 5.64. The van der Waals surface area contributed by atoms with E-state index in [-0.39, 0.29) is 37.9 Å². The van der Waals surface area contributed by atoms with Crippen molar-refractivity contribution in [2.75, 3.05) is 25.0 Å². The first-order chi connectivity index (χ1) is 17.0. The third-order valence-corrected chi connectivity index (χ3v) is 6.79. The van der Waals surface area contributed by atoms with Crippen LogP contribution in [0.4, 0.5) is 10.5 Å². The van der Waals surface area contributed by atoms with Crippen molar-refractivity contribution in [3.8, 4) is 11.1 Å². The normalized spacial score (nSPS) is 14.6. The first-order valence-electron chi connectivity index (χ1n) is 11.7. The molecule has 35 heavy (non-hydrogen) atoms. The zero-order valence-corrected chi connectivity index (χ0v) is 19.1. The zero-order chi connectivity index (χ0) is 24.4. The van der Waals surface area contributed by atoms with E-state index in [4.69, 9.17) is 9.84 Å². The van der Waals surface area contributed by atoms with Gasteiger partial charge in [-0.25, -0.2) is 4.79 Å². The van der Waals surface area contributed by atoms with Gasteiger partial charge in [-0.05, 0) is 40.3 Å². The average molecular weight is 471 g/mol. The van der Waals surface area contributed by atoms with Crippen LogP contribution in [0.2, 0.25) is 0 Å². The zero-order valence-electron chi connectivity index (χ0n) is 19.1. The van der Waals surface area contributed by atoms with Crippen molar-refractivity contribution in [2.24, 2.45) is 5.92 Å². The number of carbonyl (C=O) groups excluding carboxylic acids is 2. The number of amides is 2. The lowest BCUT2D eigenvalue weighted by Gasteiger charge is -2.36. The number of nitrogens with one attached hydrogen (secondary N) is 1. The summed E-state index contributed by atoms with van der Waals surface area (Å²) in [5.41, 5.74) is 6.07. The minimum absolute atomic E-state index is 0.0211. The molecule has 7 nitrogen and oxygen atoms in total. The van der Waals surface area contributed by atoms with E-state index in [1.807, 2.05) is 42.5 Å². The third-order valence-electron chi connectivity index (χ3n) is 6.79. The van der Waals surface area contributed by atoms with Gasteiger partial charge in [-0.3, -0.25) is 14.9 Å². The van der Waals surface area contributed by atoms with Crippen molar-refractivity contribution in [3.63, 3.8) is 0 Å². The molecule has 1 aliphatic heterocycles. The Labute approximate surface area is 203 Å². The van der Waals surface area contributed by atoms with E-state index in [9.17, 15) is 14.4 Å². The summed E-state index contributed by atoms with van der Waals surface area (Å²) in [7, 11) is 0. The lowest BCUT2D eigenvalue weighted by atomic mass is 9.98. The van der Waals surface area contributed by atoms with Crippen LogP contribution in [0.15, 0.2) is 72.8 Å². The number of benzene rings is 3. The minimum Gasteiger partial charge on any atom is -0.481 e. The molecule has 2 N–H and O–H groups in total. The van der Waals surface area contributed by atoms with Crippen molar-refractivity contribution in [2.45, 2.75) is 18.8 Å². The van der Waals surface area contributed by atoms with E-state index in [2.05, 4.69) is 29.6 Å². The third kappa shape index (κ3) is 4.62. The van der Waals surface area contributed by atoms with E-state index in [0.29, 0.717) is 12.1 Å². The standard InChI is InChI=1S/C28H26N2O5/c31-26(30-15-19(16-30)27(32)33)14-13-18-7-1-6-12-25(18)29-28(34)35-17-24-22-10-4-2-8-20(22)21-9-3-5-11-23(21)24/h1-12,19,24H,13-17H2,(H,29,34)(H,32,33). The molecule has 0 radical (unpaired) electrons. The molecule has 1 heterocycles. The topological polar surface area (TPSA) is 95.9 Å². The Hall–Kier alpha value is -4.13. The molecule has 0 spiro atoms. The number of ether oxygens (including phenoxy) is 1. The molecule has 1 fully saturated rings. The fraction of sp³-hybridized carbons (Fsp3) is 0.250. The minimum atomic E-state index is -0.869. The highest BCUT2D eigenvalue weighted by Crippen LogP contribution is 2.44. The van der Waals surface area contributed by atoms with Crippen LogP contribution in [0.1, 0.15) is 29.0 Å². The van der Waals surface area contributed by atoms with Crippen LogP contribution in [0.3, 0.4) is 0 Å². The molecular formula is C28H26N2O5. The van der Waals surface area contributed by atoms with Gasteiger partial charge in [0.1, 0.15) is 6.61 Å². The number of hydrogen-bond acceptors (Lipinski definition) is 4. The number of aryl methyl sites for hydroxylation is 1.